The Kier molecular flexibility index (Phi) is 3.29. The second-order valence-corrected chi connectivity index (χ2v) is 4.44. The molecule has 0 amide bonds. The number of rotatable bonds is 3. The highest BCUT2D eigenvalue weighted by Crippen LogP contribution is 2.21. The van der Waals surface area contributed by atoms with Crippen LogP contribution in [0.2, 0.25) is 0 Å². The summed E-state index contributed by atoms with van der Waals surface area (Å²) >= 11 is 0. The van der Waals surface area contributed by atoms with Crippen LogP contribution in [-0.4, -0.2) is 4.98 Å². The molecule has 0 unspecified atom stereocenters. The van der Waals surface area contributed by atoms with Crippen molar-refractivity contribution in [2.24, 2.45) is 0 Å². The first-order chi connectivity index (χ1) is 9.75. The van der Waals surface area contributed by atoms with Gasteiger partial charge in [-0.1, -0.05) is 30.3 Å². The maximum Gasteiger partial charge on any atom is 0.149 e. The van der Waals surface area contributed by atoms with Gasteiger partial charge in [0.15, 0.2) is 0 Å². The number of benzene rings is 2. The molecule has 1 N–H and O–H groups in total. The summed E-state index contributed by atoms with van der Waals surface area (Å²) in [5, 5.41) is 3.80. The zero-order valence-corrected chi connectivity index (χ0v) is 10.6. The molecule has 0 atom stereocenters. The number of para-hydroxylation sites is 2. The minimum Gasteiger partial charge on any atom is -0.376 e. The van der Waals surface area contributed by atoms with E-state index in [1.807, 2.05) is 30.3 Å². The first-order valence-electron chi connectivity index (χ1n) is 6.26. The highest BCUT2D eigenvalue weighted by molar-refractivity contribution is 5.81. The van der Waals surface area contributed by atoms with Gasteiger partial charge >= 0.3 is 0 Å². The first-order valence-corrected chi connectivity index (χ1v) is 6.26. The summed E-state index contributed by atoms with van der Waals surface area (Å²) in [5.74, 6) is -1.20. The quantitative estimate of drug-likeness (QED) is 0.774. The average molecular weight is 270 g/mol. The van der Waals surface area contributed by atoms with Gasteiger partial charge in [-0.05, 0) is 23.8 Å². The fourth-order valence-corrected chi connectivity index (χ4v) is 2.16. The lowest BCUT2D eigenvalue weighted by Gasteiger charge is -2.10. The number of anilines is 1. The third-order valence-corrected chi connectivity index (χ3v) is 3.13. The monoisotopic (exact) mass is 270 g/mol. The Morgan fingerprint density at radius 3 is 2.40 bits per heavy atom. The van der Waals surface area contributed by atoms with Crippen LogP contribution in [0.1, 0.15) is 5.56 Å². The van der Waals surface area contributed by atoms with Crippen molar-refractivity contribution in [3.05, 3.63) is 71.9 Å². The molecule has 3 aromatic rings. The summed E-state index contributed by atoms with van der Waals surface area (Å²) in [6, 6.07) is 13.4. The molecule has 0 spiro atoms. The molecule has 1 heterocycles. The molecular weight excluding hydrogens is 258 g/mol. The summed E-state index contributed by atoms with van der Waals surface area (Å²) in [6.45, 7) is 0.312. The average Bonchev–Trinajstić information content (AvgIpc) is 2.47. The second-order valence-electron chi connectivity index (χ2n) is 4.44. The maximum atomic E-state index is 13.5. The standard InChI is InChI=1S/C16H12F2N2/c17-13-7-2-8-14(18)16(13)20-10-12-5-1-4-11-6-3-9-19-15(11)12/h1-9,20H,10H2. The van der Waals surface area contributed by atoms with Gasteiger partial charge in [-0.2, -0.15) is 0 Å². The Morgan fingerprint density at radius 2 is 1.60 bits per heavy atom. The molecule has 0 saturated heterocycles. The van der Waals surface area contributed by atoms with Crippen LogP contribution < -0.4 is 5.32 Å². The predicted molar refractivity (Wildman–Crippen MR) is 75.4 cm³/mol. The number of nitrogens with zero attached hydrogens (tertiary/aromatic N) is 1. The number of hydrogen-bond acceptors (Lipinski definition) is 2. The van der Waals surface area contributed by atoms with Gasteiger partial charge in [0.1, 0.15) is 17.3 Å². The maximum absolute atomic E-state index is 13.5. The summed E-state index contributed by atoms with van der Waals surface area (Å²) in [4.78, 5) is 4.31. The summed E-state index contributed by atoms with van der Waals surface area (Å²) in [6.07, 6.45) is 1.70. The Morgan fingerprint density at radius 1 is 0.900 bits per heavy atom. The molecule has 1 aromatic heterocycles. The van der Waals surface area contributed by atoms with E-state index in [2.05, 4.69) is 10.3 Å². The van der Waals surface area contributed by atoms with Gasteiger partial charge in [0, 0.05) is 18.1 Å². The van der Waals surface area contributed by atoms with Gasteiger partial charge in [0.25, 0.3) is 0 Å². The van der Waals surface area contributed by atoms with Crippen molar-refractivity contribution in [1.29, 1.82) is 0 Å². The number of fused-ring (bicyclic) bond motifs is 1. The third-order valence-electron chi connectivity index (χ3n) is 3.13. The van der Waals surface area contributed by atoms with Crippen LogP contribution in [0.3, 0.4) is 0 Å². The molecular formula is C16H12F2N2. The van der Waals surface area contributed by atoms with Crippen LogP contribution in [0.5, 0.6) is 0 Å². The first kappa shape index (κ1) is 12.5. The van der Waals surface area contributed by atoms with E-state index >= 15 is 0 Å². The summed E-state index contributed by atoms with van der Waals surface area (Å²) < 4.78 is 27.1. The fraction of sp³-hybridized carbons (Fsp3) is 0.0625. The molecule has 0 fully saturated rings. The van der Waals surface area contributed by atoms with Gasteiger partial charge in [0.05, 0.1) is 5.52 Å². The lowest BCUT2D eigenvalue weighted by Crippen LogP contribution is -2.04. The van der Waals surface area contributed by atoms with Crippen LogP contribution in [-0.2, 0) is 6.54 Å². The van der Waals surface area contributed by atoms with E-state index in [0.29, 0.717) is 6.54 Å². The fourth-order valence-electron chi connectivity index (χ4n) is 2.16. The van der Waals surface area contributed by atoms with Crippen molar-refractivity contribution >= 4 is 16.6 Å². The lowest BCUT2D eigenvalue weighted by atomic mass is 10.1. The molecule has 0 radical (unpaired) electrons. The van der Waals surface area contributed by atoms with Crippen LogP contribution in [0.25, 0.3) is 10.9 Å². The molecule has 0 bridgehead atoms. The highest BCUT2D eigenvalue weighted by atomic mass is 19.1. The molecule has 20 heavy (non-hydrogen) atoms. The number of nitrogens with one attached hydrogen (secondary N) is 1. The molecule has 3 rings (SSSR count). The van der Waals surface area contributed by atoms with E-state index in [-0.39, 0.29) is 5.69 Å². The van der Waals surface area contributed by atoms with E-state index in [1.54, 1.807) is 6.20 Å². The van der Waals surface area contributed by atoms with Crippen molar-refractivity contribution in [2.75, 3.05) is 5.32 Å². The van der Waals surface area contributed by atoms with Crippen LogP contribution >= 0.6 is 0 Å². The van der Waals surface area contributed by atoms with E-state index in [9.17, 15) is 8.78 Å². The SMILES string of the molecule is Fc1cccc(F)c1NCc1cccc2cccnc12. The van der Waals surface area contributed by atoms with Gasteiger partial charge in [-0.15, -0.1) is 0 Å². The van der Waals surface area contributed by atoms with E-state index in [1.165, 1.54) is 18.2 Å². The smallest absolute Gasteiger partial charge is 0.149 e. The Bertz CT molecular complexity index is 731. The highest BCUT2D eigenvalue weighted by Gasteiger charge is 2.08. The van der Waals surface area contributed by atoms with Crippen molar-refractivity contribution < 1.29 is 8.78 Å². The third kappa shape index (κ3) is 2.32. The van der Waals surface area contributed by atoms with Gasteiger partial charge in [-0.3, -0.25) is 4.98 Å². The molecule has 0 aliphatic rings. The molecule has 0 aliphatic heterocycles. The summed E-state index contributed by atoms with van der Waals surface area (Å²) in [7, 11) is 0. The van der Waals surface area contributed by atoms with E-state index in [4.69, 9.17) is 0 Å². The van der Waals surface area contributed by atoms with Gasteiger partial charge in [-0.25, -0.2) is 8.78 Å². The van der Waals surface area contributed by atoms with Crippen molar-refractivity contribution in [2.45, 2.75) is 6.54 Å². The molecule has 100 valence electrons. The molecule has 2 aromatic carbocycles. The molecule has 0 aliphatic carbocycles. The van der Waals surface area contributed by atoms with Crippen LogP contribution in [0.4, 0.5) is 14.5 Å². The zero-order valence-electron chi connectivity index (χ0n) is 10.6. The Labute approximate surface area is 115 Å². The molecule has 4 heteroatoms. The minimum atomic E-state index is -0.599. The van der Waals surface area contributed by atoms with Crippen molar-refractivity contribution in [3.63, 3.8) is 0 Å². The minimum absolute atomic E-state index is 0.111. The van der Waals surface area contributed by atoms with Gasteiger partial charge in [0.2, 0.25) is 0 Å². The van der Waals surface area contributed by atoms with Crippen molar-refractivity contribution in [3.8, 4) is 0 Å². The van der Waals surface area contributed by atoms with Crippen LogP contribution in [0, 0.1) is 11.6 Å². The normalized spacial score (nSPS) is 10.7. The largest absolute Gasteiger partial charge is 0.376 e. The number of hydrogen-bond donors (Lipinski definition) is 1. The Hall–Kier alpha value is -2.49. The molecule has 0 saturated carbocycles. The number of aromatic nitrogens is 1. The lowest BCUT2D eigenvalue weighted by molar-refractivity contribution is 0.588. The second kappa shape index (κ2) is 5.25. The van der Waals surface area contributed by atoms with E-state index < -0.39 is 11.6 Å². The molecule has 2 nitrogen and oxygen atoms in total. The zero-order chi connectivity index (χ0) is 13.9. The van der Waals surface area contributed by atoms with Gasteiger partial charge < -0.3 is 5.32 Å². The number of halogens is 2. The predicted octanol–water partition coefficient (Wildman–Crippen LogP) is 4.13. The number of pyridine rings is 1. The topological polar surface area (TPSA) is 24.9 Å². The Balaban J connectivity index is 1.91. The summed E-state index contributed by atoms with van der Waals surface area (Å²) in [5.41, 5.74) is 1.62. The van der Waals surface area contributed by atoms with Crippen molar-refractivity contribution in [1.82, 2.24) is 4.98 Å². The van der Waals surface area contributed by atoms with Crippen LogP contribution in [0.15, 0.2) is 54.7 Å². The van der Waals surface area contributed by atoms with E-state index in [0.717, 1.165) is 16.5 Å².